The summed E-state index contributed by atoms with van der Waals surface area (Å²) in [6.45, 7) is 7.09. The Morgan fingerprint density at radius 2 is 2.05 bits per heavy atom. The van der Waals surface area contributed by atoms with Gasteiger partial charge in [-0.05, 0) is 24.3 Å². The normalized spacial score (nSPS) is 11.0. The van der Waals surface area contributed by atoms with Gasteiger partial charge in [0.05, 0.1) is 0 Å². The number of fused-ring (bicyclic) bond motifs is 1. The standard InChI is InChI=1S/C16H14N2O3.2H2/c1-3-7-12(4-2)17-16(20)18-13-10-11-8-5-6-9-14(11)21-15(13)19;;/h3-10H,1-2H2,(H2,17,18,20);2*1H/b12-7+;;. The number of hydrogen-bond donors (Lipinski definition) is 2. The van der Waals surface area contributed by atoms with Crippen molar-refractivity contribution in [2.24, 2.45) is 0 Å². The maximum atomic E-state index is 11.8. The lowest BCUT2D eigenvalue weighted by Crippen LogP contribution is -2.29. The van der Waals surface area contributed by atoms with E-state index >= 15 is 0 Å². The molecule has 0 atom stereocenters. The molecule has 5 heteroatoms. The Hall–Kier alpha value is -3.08. The molecule has 0 radical (unpaired) electrons. The number of benzene rings is 1. The molecule has 21 heavy (non-hydrogen) atoms. The van der Waals surface area contributed by atoms with Gasteiger partial charge in [0.1, 0.15) is 11.3 Å². The molecule has 0 saturated heterocycles. The summed E-state index contributed by atoms with van der Waals surface area (Å²) >= 11 is 0. The minimum atomic E-state index is -0.614. The van der Waals surface area contributed by atoms with Crippen molar-refractivity contribution in [3.63, 3.8) is 0 Å². The first-order valence-electron chi connectivity index (χ1n) is 6.20. The maximum Gasteiger partial charge on any atom is 0.360 e. The van der Waals surface area contributed by atoms with Crippen molar-refractivity contribution in [2.45, 2.75) is 0 Å². The fourth-order valence-corrected chi connectivity index (χ4v) is 1.72. The molecular weight excluding hydrogens is 268 g/mol. The molecule has 0 aliphatic carbocycles. The number of hydrogen-bond acceptors (Lipinski definition) is 3. The zero-order valence-electron chi connectivity index (χ0n) is 11.3. The van der Waals surface area contributed by atoms with E-state index in [1.807, 2.05) is 6.07 Å². The van der Waals surface area contributed by atoms with Crippen LogP contribution in [0.4, 0.5) is 10.5 Å². The van der Waals surface area contributed by atoms with E-state index in [1.165, 1.54) is 12.2 Å². The SMILES string of the molecule is C=C/C=C(\C=C)NC(=O)Nc1cc2ccccc2oc1=O.[HH].[HH]. The first kappa shape index (κ1) is 14.3. The van der Waals surface area contributed by atoms with Crippen molar-refractivity contribution in [3.8, 4) is 0 Å². The van der Waals surface area contributed by atoms with E-state index in [4.69, 9.17) is 4.42 Å². The third-order valence-corrected chi connectivity index (χ3v) is 2.66. The second-order valence-electron chi connectivity index (χ2n) is 4.13. The molecule has 2 aromatic rings. The molecule has 0 spiro atoms. The highest BCUT2D eigenvalue weighted by atomic mass is 16.4. The predicted octanol–water partition coefficient (Wildman–Crippen LogP) is 3.66. The van der Waals surface area contributed by atoms with Crippen molar-refractivity contribution in [3.05, 3.63) is 77.8 Å². The monoisotopic (exact) mass is 286 g/mol. The Bertz CT molecular complexity index is 797. The molecule has 0 aliphatic rings. The van der Waals surface area contributed by atoms with Gasteiger partial charge in [0, 0.05) is 13.9 Å². The van der Waals surface area contributed by atoms with Gasteiger partial charge in [-0.15, -0.1) is 0 Å². The zero-order valence-corrected chi connectivity index (χ0v) is 11.3. The van der Waals surface area contributed by atoms with E-state index in [-0.39, 0.29) is 8.54 Å². The van der Waals surface area contributed by atoms with E-state index in [0.717, 1.165) is 5.39 Å². The molecule has 5 nitrogen and oxygen atoms in total. The van der Waals surface area contributed by atoms with Gasteiger partial charge in [-0.25, -0.2) is 9.59 Å². The van der Waals surface area contributed by atoms with Crippen LogP contribution in [-0.4, -0.2) is 6.03 Å². The molecule has 110 valence electrons. The van der Waals surface area contributed by atoms with Gasteiger partial charge < -0.3 is 15.1 Å². The van der Waals surface area contributed by atoms with E-state index in [9.17, 15) is 9.59 Å². The molecule has 0 fully saturated rings. The summed E-state index contributed by atoms with van der Waals surface area (Å²) in [6.07, 6.45) is 4.56. The minimum Gasteiger partial charge on any atom is -0.421 e. The number of amides is 2. The van der Waals surface area contributed by atoms with Crippen molar-refractivity contribution >= 4 is 22.7 Å². The maximum absolute atomic E-state index is 11.8. The largest absolute Gasteiger partial charge is 0.421 e. The van der Waals surface area contributed by atoms with Crippen LogP contribution in [0.25, 0.3) is 11.0 Å². The van der Waals surface area contributed by atoms with E-state index in [1.54, 1.807) is 30.3 Å². The Morgan fingerprint density at radius 3 is 2.76 bits per heavy atom. The van der Waals surface area contributed by atoms with E-state index < -0.39 is 11.7 Å². The Kier molecular flexibility index (Phi) is 4.36. The number of para-hydroxylation sites is 1. The summed E-state index contributed by atoms with van der Waals surface area (Å²) in [7, 11) is 0. The van der Waals surface area contributed by atoms with Crippen LogP contribution in [0.3, 0.4) is 0 Å². The average molecular weight is 286 g/mol. The third kappa shape index (κ3) is 3.48. The molecule has 2 N–H and O–H groups in total. The Morgan fingerprint density at radius 1 is 1.29 bits per heavy atom. The number of nitrogens with one attached hydrogen (secondary N) is 2. The average Bonchev–Trinajstić information content (AvgIpc) is 2.47. The van der Waals surface area contributed by atoms with Gasteiger partial charge in [-0.1, -0.05) is 37.4 Å². The van der Waals surface area contributed by atoms with Gasteiger partial charge in [0.15, 0.2) is 0 Å². The zero-order chi connectivity index (χ0) is 15.2. The summed E-state index contributed by atoms with van der Waals surface area (Å²) < 4.78 is 5.12. The highest BCUT2D eigenvalue weighted by Gasteiger charge is 2.09. The summed E-state index contributed by atoms with van der Waals surface area (Å²) in [5.41, 5.74) is 0.379. The molecule has 1 heterocycles. The van der Waals surface area contributed by atoms with Gasteiger partial charge in [0.2, 0.25) is 0 Å². The highest BCUT2D eigenvalue weighted by Crippen LogP contribution is 2.14. The van der Waals surface area contributed by atoms with E-state index in [2.05, 4.69) is 23.8 Å². The van der Waals surface area contributed by atoms with E-state index in [0.29, 0.717) is 11.3 Å². The minimum absolute atomic E-state index is 0. The fourth-order valence-electron chi connectivity index (χ4n) is 1.72. The number of allylic oxidation sites excluding steroid dienone is 3. The Balaban J connectivity index is 0.00000242. The molecule has 0 unspecified atom stereocenters. The molecule has 2 amide bonds. The van der Waals surface area contributed by atoms with Gasteiger partial charge in [-0.3, -0.25) is 0 Å². The number of carbonyl (C=O) groups excluding carboxylic acids is 1. The third-order valence-electron chi connectivity index (χ3n) is 2.66. The lowest BCUT2D eigenvalue weighted by atomic mass is 10.2. The van der Waals surface area contributed by atoms with Crippen LogP contribution in [0.1, 0.15) is 2.85 Å². The van der Waals surface area contributed by atoms with Crippen LogP contribution < -0.4 is 16.3 Å². The molecular formula is C16H18N2O3. The van der Waals surface area contributed by atoms with Gasteiger partial charge in [0.25, 0.3) is 0 Å². The number of rotatable bonds is 4. The lowest BCUT2D eigenvalue weighted by Gasteiger charge is -2.07. The topological polar surface area (TPSA) is 71.3 Å². The van der Waals surface area contributed by atoms with Crippen molar-refractivity contribution in [1.29, 1.82) is 0 Å². The van der Waals surface area contributed by atoms with Gasteiger partial charge >= 0.3 is 11.7 Å². The van der Waals surface area contributed by atoms with Crippen LogP contribution in [0, 0.1) is 0 Å². The highest BCUT2D eigenvalue weighted by molar-refractivity contribution is 5.92. The number of urea groups is 1. The van der Waals surface area contributed by atoms with Crippen molar-refractivity contribution in [2.75, 3.05) is 5.32 Å². The summed E-state index contributed by atoms with van der Waals surface area (Å²) in [4.78, 5) is 23.6. The molecule has 0 saturated carbocycles. The second-order valence-corrected chi connectivity index (χ2v) is 4.13. The molecule has 1 aromatic heterocycles. The van der Waals surface area contributed by atoms with Crippen LogP contribution in [-0.2, 0) is 0 Å². The fraction of sp³-hybridized carbons (Fsp3) is 0. The van der Waals surface area contributed by atoms with Gasteiger partial charge in [-0.2, -0.15) is 0 Å². The van der Waals surface area contributed by atoms with Crippen molar-refractivity contribution < 1.29 is 12.1 Å². The van der Waals surface area contributed by atoms with Crippen LogP contribution in [0.5, 0.6) is 0 Å². The molecule has 0 aliphatic heterocycles. The van der Waals surface area contributed by atoms with Crippen molar-refractivity contribution in [1.82, 2.24) is 5.32 Å². The Labute approximate surface area is 124 Å². The van der Waals surface area contributed by atoms with Crippen LogP contribution in [0.15, 0.2) is 76.6 Å². The summed E-state index contributed by atoms with van der Waals surface area (Å²) in [5, 5.41) is 5.70. The molecule has 1 aromatic carbocycles. The lowest BCUT2D eigenvalue weighted by molar-refractivity contribution is 0.254. The van der Waals surface area contributed by atoms with Crippen LogP contribution in [0.2, 0.25) is 0 Å². The number of anilines is 1. The quantitative estimate of drug-likeness (QED) is 0.665. The molecule has 2 rings (SSSR count). The second kappa shape index (κ2) is 6.38. The summed E-state index contributed by atoms with van der Waals surface area (Å²) in [6, 6.07) is 8.05. The van der Waals surface area contributed by atoms with Crippen LogP contribution >= 0.6 is 0 Å². The number of carbonyl (C=O) groups is 1. The molecule has 0 bridgehead atoms. The first-order valence-corrected chi connectivity index (χ1v) is 6.20. The summed E-state index contributed by atoms with van der Waals surface area (Å²) in [5.74, 6) is 0. The first-order chi connectivity index (χ1) is 10.1. The predicted molar refractivity (Wildman–Crippen MR) is 87.3 cm³/mol. The smallest absolute Gasteiger partial charge is 0.360 e.